The van der Waals surface area contributed by atoms with Gasteiger partial charge in [0.2, 0.25) is 6.10 Å². The van der Waals surface area contributed by atoms with Gasteiger partial charge < -0.3 is 14.6 Å². The Labute approximate surface area is 107 Å². The van der Waals surface area contributed by atoms with Gasteiger partial charge in [0.25, 0.3) is 5.69 Å². The van der Waals surface area contributed by atoms with Gasteiger partial charge in [-0.2, -0.15) is 0 Å². The highest BCUT2D eigenvalue weighted by atomic mass is 35.5. The molecule has 1 aromatic rings. The molecular formula is C10H10ClNO6. The SMILES string of the molecule is COCC(Oc1ccc([N+](=O)[O-])cc1Cl)C(=O)O. The Hall–Kier alpha value is -1.86. The van der Waals surface area contributed by atoms with E-state index < -0.39 is 17.0 Å². The molecule has 0 bridgehead atoms. The number of ether oxygens (including phenoxy) is 2. The zero-order valence-electron chi connectivity index (χ0n) is 9.33. The summed E-state index contributed by atoms with van der Waals surface area (Å²) in [6.07, 6.45) is -1.23. The Morgan fingerprint density at radius 2 is 2.28 bits per heavy atom. The molecule has 0 saturated carbocycles. The normalized spacial score (nSPS) is 11.9. The average molecular weight is 276 g/mol. The third kappa shape index (κ3) is 3.57. The summed E-state index contributed by atoms with van der Waals surface area (Å²) in [4.78, 5) is 20.7. The summed E-state index contributed by atoms with van der Waals surface area (Å²) in [7, 11) is 1.33. The molecule has 0 aromatic heterocycles. The molecule has 18 heavy (non-hydrogen) atoms. The summed E-state index contributed by atoms with van der Waals surface area (Å²) in [5, 5.41) is 19.3. The largest absolute Gasteiger partial charge is 0.478 e. The summed E-state index contributed by atoms with van der Waals surface area (Å²) in [5.41, 5.74) is -0.203. The second kappa shape index (κ2) is 6.18. The van der Waals surface area contributed by atoms with E-state index in [1.807, 2.05) is 0 Å². The number of carbonyl (C=O) groups is 1. The van der Waals surface area contributed by atoms with Crippen molar-refractivity contribution >= 4 is 23.3 Å². The Balaban J connectivity index is 2.90. The fourth-order valence-corrected chi connectivity index (χ4v) is 1.38. The number of methoxy groups -OCH3 is 1. The van der Waals surface area contributed by atoms with Gasteiger partial charge in [0.1, 0.15) is 5.75 Å². The lowest BCUT2D eigenvalue weighted by molar-refractivity contribution is -0.384. The summed E-state index contributed by atoms with van der Waals surface area (Å²) >= 11 is 5.76. The Morgan fingerprint density at radius 1 is 1.61 bits per heavy atom. The molecule has 1 atom stereocenters. The molecule has 0 saturated heterocycles. The number of hydrogen-bond acceptors (Lipinski definition) is 5. The molecule has 0 amide bonds. The number of aliphatic carboxylic acids is 1. The van der Waals surface area contributed by atoms with Gasteiger partial charge in [-0.1, -0.05) is 11.6 Å². The van der Waals surface area contributed by atoms with Gasteiger partial charge in [0, 0.05) is 19.2 Å². The van der Waals surface area contributed by atoms with Crippen molar-refractivity contribution in [3.8, 4) is 5.75 Å². The molecule has 0 spiro atoms. The van der Waals surface area contributed by atoms with Crippen LogP contribution in [-0.2, 0) is 9.53 Å². The van der Waals surface area contributed by atoms with Crippen LogP contribution in [0.3, 0.4) is 0 Å². The first-order valence-electron chi connectivity index (χ1n) is 4.78. The number of nitrogens with zero attached hydrogens (tertiary/aromatic N) is 1. The first-order chi connectivity index (χ1) is 8.45. The van der Waals surface area contributed by atoms with Gasteiger partial charge in [-0.3, -0.25) is 10.1 Å². The maximum absolute atomic E-state index is 10.8. The molecule has 8 heteroatoms. The van der Waals surface area contributed by atoms with Crippen molar-refractivity contribution in [2.24, 2.45) is 0 Å². The lowest BCUT2D eigenvalue weighted by Gasteiger charge is -2.14. The van der Waals surface area contributed by atoms with Gasteiger partial charge in [0.15, 0.2) is 0 Å². The van der Waals surface area contributed by atoms with Gasteiger partial charge >= 0.3 is 5.97 Å². The number of halogens is 1. The molecule has 1 rings (SSSR count). The Morgan fingerprint density at radius 3 is 2.72 bits per heavy atom. The Kier molecular flexibility index (Phi) is 4.87. The topological polar surface area (TPSA) is 98.9 Å². The minimum Gasteiger partial charge on any atom is -0.478 e. The zero-order chi connectivity index (χ0) is 13.7. The molecule has 1 unspecified atom stereocenters. The van der Waals surface area contributed by atoms with E-state index in [9.17, 15) is 14.9 Å². The molecule has 0 aliphatic carbocycles. The van der Waals surface area contributed by atoms with Gasteiger partial charge in [-0.05, 0) is 6.07 Å². The van der Waals surface area contributed by atoms with E-state index in [0.717, 1.165) is 6.07 Å². The molecule has 1 aromatic carbocycles. The van der Waals surface area contributed by atoms with Crippen molar-refractivity contribution in [3.63, 3.8) is 0 Å². The summed E-state index contributed by atoms with van der Waals surface area (Å²) < 4.78 is 9.78. The third-order valence-electron chi connectivity index (χ3n) is 1.99. The van der Waals surface area contributed by atoms with Gasteiger partial charge in [-0.15, -0.1) is 0 Å². The Bertz CT molecular complexity index is 464. The maximum Gasteiger partial charge on any atom is 0.347 e. The molecule has 0 aliphatic heterocycles. The molecular weight excluding hydrogens is 266 g/mol. The maximum atomic E-state index is 10.8. The van der Waals surface area contributed by atoms with Crippen LogP contribution >= 0.6 is 11.6 Å². The lowest BCUT2D eigenvalue weighted by atomic mass is 10.3. The highest BCUT2D eigenvalue weighted by Crippen LogP contribution is 2.29. The van der Waals surface area contributed by atoms with Crippen LogP contribution in [-0.4, -0.2) is 35.8 Å². The highest BCUT2D eigenvalue weighted by Gasteiger charge is 2.21. The monoisotopic (exact) mass is 275 g/mol. The van der Waals surface area contributed by atoms with Crippen LogP contribution < -0.4 is 4.74 Å². The minimum atomic E-state index is -1.23. The lowest BCUT2D eigenvalue weighted by Crippen LogP contribution is -2.31. The second-order valence-corrected chi connectivity index (χ2v) is 3.68. The number of nitro groups is 1. The standard InChI is InChI=1S/C10H10ClNO6/c1-17-5-9(10(13)14)18-8-3-2-6(12(15)16)4-7(8)11/h2-4,9H,5H2,1H3,(H,13,14). The van der Waals surface area contributed by atoms with E-state index in [2.05, 4.69) is 4.74 Å². The van der Waals surface area contributed by atoms with Crippen LogP contribution in [0.5, 0.6) is 5.75 Å². The third-order valence-corrected chi connectivity index (χ3v) is 2.28. The van der Waals surface area contributed by atoms with Crippen LogP contribution in [0.1, 0.15) is 0 Å². The summed E-state index contributed by atoms with van der Waals surface area (Å²) in [5.74, 6) is -1.17. The predicted molar refractivity (Wildman–Crippen MR) is 62.0 cm³/mol. The molecule has 0 fully saturated rings. The van der Waals surface area contributed by atoms with Crippen LogP contribution in [0.15, 0.2) is 18.2 Å². The number of non-ortho nitro benzene ring substituents is 1. The van der Waals surface area contributed by atoms with Gasteiger partial charge in [-0.25, -0.2) is 4.79 Å². The second-order valence-electron chi connectivity index (χ2n) is 3.27. The van der Waals surface area contributed by atoms with Gasteiger partial charge in [0.05, 0.1) is 16.6 Å². The van der Waals surface area contributed by atoms with Crippen molar-refractivity contribution in [1.29, 1.82) is 0 Å². The van der Waals surface area contributed by atoms with E-state index >= 15 is 0 Å². The van der Waals surface area contributed by atoms with E-state index in [0.29, 0.717) is 0 Å². The van der Waals surface area contributed by atoms with Crippen LogP contribution in [0, 0.1) is 10.1 Å². The molecule has 0 radical (unpaired) electrons. The smallest absolute Gasteiger partial charge is 0.347 e. The minimum absolute atomic E-state index is 0.0356. The average Bonchev–Trinajstić information content (AvgIpc) is 2.30. The van der Waals surface area contributed by atoms with Crippen LogP contribution in [0.4, 0.5) is 5.69 Å². The molecule has 98 valence electrons. The number of rotatable bonds is 6. The number of carboxylic acid groups (broad SMARTS) is 1. The quantitative estimate of drug-likeness (QED) is 0.627. The van der Waals surface area contributed by atoms with Crippen LogP contribution in [0.25, 0.3) is 0 Å². The van der Waals surface area contributed by atoms with E-state index in [1.54, 1.807) is 0 Å². The van der Waals surface area contributed by atoms with E-state index in [1.165, 1.54) is 19.2 Å². The van der Waals surface area contributed by atoms with Crippen LogP contribution in [0.2, 0.25) is 5.02 Å². The first-order valence-corrected chi connectivity index (χ1v) is 5.16. The van der Waals surface area contributed by atoms with Crippen molar-refractivity contribution < 1.29 is 24.3 Å². The van der Waals surface area contributed by atoms with E-state index in [4.69, 9.17) is 21.4 Å². The fraction of sp³-hybridized carbons (Fsp3) is 0.300. The van der Waals surface area contributed by atoms with Crippen molar-refractivity contribution in [1.82, 2.24) is 0 Å². The number of carboxylic acids is 1. The molecule has 0 heterocycles. The van der Waals surface area contributed by atoms with Crippen molar-refractivity contribution in [2.45, 2.75) is 6.10 Å². The molecule has 1 N–H and O–H groups in total. The molecule has 0 aliphatic rings. The highest BCUT2D eigenvalue weighted by molar-refractivity contribution is 6.32. The van der Waals surface area contributed by atoms with Crippen molar-refractivity contribution in [3.05, 3.63) is 33.3 Å². The number of nitro benzene ring substituents is 1. The predicted octanol–water partition coefficient (Wildman–Crippen LogP) is 1.73. The fourth-order valence-electron chi connectivity index (χ4n) is 1.16. The number of benzene rings is 1. The summed E-state index contributed by atoms with van der Waals surface area (Å²) in [6.45, 7) is -0.164. The van der Waals surface area contributed by atoms with E-state index in [-0.39, 0.29) is 23.1 Å². The van der Waals surface area contributed by atoms with Crippen molar-refractivity contribution in [2.75, 3.05) is 13.7 Å². The zero-order valence-corrected chi connectivity index (χ0v) is 10.1. The summed E-state index contributed by atoms with van der Waals surface area (Å²) in [6, 6.07) is 3.50. The molecule has 7 nitrogen and oxygen atoms in total. The first kappa shape index (κ1) is 14.2. The number of hydrogen-bond donors (Lipinski definition) is 1.